The summed E-state index contributed by atoms with van der Waals surface area (Å²) in [6.45, 7) is 5.07. The highest BCUT2D eigenvalue weighted by molar-refractivity contribution is 7.98. The van der Waals surface area contributed by atoms with E-state index < -0.39 is 71.7 Å². The molecule has 2 fully saturated rings. The molecular weight excluding hydrogens is 671 g/mol. The van der Waals surface area contributed by atoms with Crippen LogP contribution in [0.25, 0.3) is 10.8 Å². The molecule has 0 saturated carbocycles. The number of fused-ring (bicyclic) bond motifs is 2. The van der Waals surface area contributed by atoms with Gasteiger partial charge in [0.2, 0.25) is 29.5 Å². The van der Waals surface area contributed by atoms with Gasteiger partial charge in [0.25, 0.3) is 5.91 Å². The third-order valence-electron chi connectivity index (χ3n) is 9.26. The van der Waals surface area contributed by atoms with Crippen LogP contribution in [0.15, 0.2) is 66.9 Å². The third-order valence-corrected chi connectivity index (χ3v) is 9.91. The molecule has 2 aliphatic heterocycles. The molecule has 0 aliphatic carbocycles. The van der Waals surface area contributed by atoms with Gasteiger partial charge in [0.05, 0.1) is 12.5 Å². The summed E-state index contributed by atoms with van der Waals surface area (Å²) < 4.78 is 0. The number of hydrogen-bond donors (Lipinski definition) is 5. The van der Waals surface area contributed by atoms with E-state index in [2.05, 4.69) is 31.6 Å². The van der Waals surface area contributed by atoms with Crippen molar-refractivity contribution in [1.82, 2.24) is 36.5 Å². The minimum atomic E-state index is -1.05. The fourth-order valence-corrected chi connectivity index (χ4v) is 6.96. The van der Waals surface area contributed by atoms with Gasteiger partial charge in [-0.1, -0.05) is 68.4 Å². The van der Waals surface area contributed by atoms with Crippen molar-refractivity contribution in [2.24, 2.45) is 5.92 Å². The van der Waals surface area contributed by atoms with Crippen molar-refractivity contribution in [2.45, 2.75) is 76.3 Å². The molecule has 0 bridgehead atoms. The third kappa shape index (κ3) is 9.04. The Labute approximate surface area is 301 Å². The van der Waals surface area contributed by atoms with Gasteiger partial charge < -0.3 is 31.5 Å². The van der Waals surface area contributed by atoms with Crippen molar-refractivity contribution in [2.75, 3.05) is 18.6 Å². The van der Waals surface area contributed by atoms with Crippen molar-refractivity contribution in [3.05, 3.63) is 78.1 Å². The Morgan fingerprint density at radius 3 is 2.37 bits per heavy atom. The maximum absolute atomic E-state index is 14.3. The molecule has 3 aromatic rings. The van der Waals surface area contributed by atoms with E-state index in [0.29, 0.717) is 23.1 Å². The van der Waals surface area contributed by atoms with Crippen LogP contribution in [-0.2, 0) is 24.0 Å². The van der Waals surface area contributed by atoms with Crippen molar-refractivity contribution < 1.29 is 28.8 Å². The number of rotatable bonds is 7. The zero-order valence-corrected chi connectivity index (χ0v) is 30.0. The zero-order valence-electron chi connectivity index (χ0n) is 29.2. The Bertz CT molecular complexity index is 1770. The highest BCUT2D eigenvalue weighted by atomic mass is 32.2. The van der Waals surface area contributed by atoms with Gasteiger partial charge in [-0.2, -0.15) is 11.8 Å². The summed E-state index contributed by atoms with van der Waals surface area (Å²) in [6, 6.07) is 12.7. The molecule has 5 rings (SSSR count). The van der Waals surface area contributed by atoms with Crippen LogP contribution >= 0.6 is 11.8 Å². The molecule has 14 heteroatoms. The van der Waals surface area contributed by atoms with E-state index in [1.54, 1.807) is 56.4 Å². The average Bonchev–Trinajstić information content (AvgIpc) is 3.55. The predicted molar refractivity (Wildman–Crippen MR) is 194 cm³/mol. The minimum Gasteiger partial charge on any atom is -0.347 e. The van der Waals surface area contributed by atoms with E-state index in [0.717, 1.165) is 5.39 Å². The highest BCUT2D eigenvalue weighted by Crippen LogP contribution is 2.24. The Kier molecular flexibility index (Phi) is 12.3. The molecule has 270 valence electrons. The van der Waals surface area contributed by atoms with Gasteiger partial charge in [0.1, 0.15) is 29.9 Å². The Hall–Kier alpha value is -4.98. The van der Waals surface area contributed by atoms with E-state index >= 15 is 0 Å². The van der Waals surface area contributed by atoms with E-state index in [9.17, 15) is 28.8 Å². The lowest BCUT2D eigenvalue weighted by molar-refractivity contribution is -0.143. The van der Waals surface area contributed by atoms with Crippen LogP contribution in [0.1, 0.15) is 62.1 Å². The SMILES string of the molecule is CSCC[C@@H]1NC(=O)C[C@@H](c2ccccc2)NC(=O)[C@H](C)NC(=O)[C@@H]2C[C@H](NC(=O)c3nccc4ccccc34)CN2C(=O)[C@H](C(C)C)NC1=O. The molecule has 13 nitrogen and oxygen atoms in total. The molecule has 2 aliphatic rings. The fraction of sp³-hybridized carbons (Fsp3) is 0.432. The summed E-state index contributed by atoms with van der Waals surface area (Å²) >= 11 is 1.51. The Morgan fingerprint density at radius 2 is 1.65 bits per heavy atom. The van der Waals surface area contributed by atoms with Gasteiger partial charge in [-0.3, -0.25) is 33.8 Å². The number of amides is 6. The van der Waals surface area contributed by atoms with Crippen molar-refractivity contribution in [3.8, 4) is 0 Å². The number of nitrogens with zero attached hydrogens (tertiary/aromatic N) is 2. The molecule has 2 saturated heterocycles. The number of nitrogens with one attached hydrogen (secondary N) is 5. The molecule has 6 atom stereocenters. The lowest BCUT2D eigenvalue weighted by Gasteiger charge is -2.32. The van der Waals surface area contributed by atoms with Gasteiger partial charge in [-0.25, -0.2) is 0 Å². The monoisotopic (exact) mass is 715 g/mol. The maximum Gasteiger partial charge on any atom is 0.270 e. The van der Waals surface area contributed by atoms with Crippen LogP contribution in [0.4, 0.5) is 0 Å². The smallest absolute Gasteiger partial charge is 0.270 e. The standard InChI is InChI=1S/C37H45N7O6S/c1-21(2)31-37(50)44-20-25(40-36(49)32-26-13-9-8-10-23(26)14-16-38-32)18-29(44)35(48)39-22(3)33(46)42-28(24-11-6-5-7-12-24)19-30(45)41-27(15-17-51-4)34(47)43-31/h5-14,16,21-22,25,27-29,31H,15,17-20H2,1-4H3,(H,39,48)(H,40,49)(H,41,45)(H,42,46)(H,43,47)/t22-,25-,27-,28-,29-,31-/m0/s1. The molecule has 0 radical (unpaired) electrons. The quantitative estimate of drug-likeness (QED) is 0.247. The van der Waals surface area contributed by atoms with E-state index in [-0.39, 0.29) is 31.0 Å². The van der Waals surface area contributed by atoms with E-state index in [1.165, 1.54) is 23.6 Å². The normalized spacial score (nSPS) is 25.1. The van der Waals surface area contributed by atoms with Gasteiger partial charge in [-0.05, 0) is 54.7 Å². The minimum absolute atomic E-state index is 0.0180. The van der Waals surface area contributed by atoms with Gasteiger partial charge in [-0.15, -0.1) is 0 Å². The summed E-state index contributed by atoms with van der Waals surface area (Å²) in [7, 11) is 0. The first-order valence-corrected chi connectivity index (χ1v) is 18.6. The molecule has 2 aromatic carbocycles. The number of hydrogen-bond acceptors (Lipinski definition) is 8. The molecular formula is C37H45N7O6S. The summed E-state index contributed by atoms with van der Waals surface area (Å²) in [5, 5.41) is 15.8. The molecule has 3 heterocycles. The molecule has 0 unspecified atom stereocenters. The first-order valence-electron chi connectivity index (χ1n) is 17.2. The second kappa shape index (κ2) is 16.8. The number of benzene rings is 2. The fourth-order valence-electron chi connectivity index (χ4n) is 6.49. The highest BCUT2D eigenvalue weighted by Gasteiger charge is 2.44. The second-order valence-corrected chi connectivity index (χ2v) is 14.3. The summed E-state index contributed by atoms with van der Waals surface area (Å²) in [5.41, 5.74) is 0.894. The van der Waals surface area contributed by atoms with Gasteiger partial charge in [0.15, 0.2) is 0 Å². The lowest BCUT2D eigenvalue weighted by Crippen LogP contribution is -2.59. The summed E-state index contributed by atoms with van der Waals surface area (Å²) in [6.07, 6.45) is 3.66. The van der Waals surface area contributed by atoms with Gasteiger partial charge >= 0.3 is 0 Å². The number of aromatic nitrogens is 1. The second-order valence-electron chi connectivity index (χ2n) is 13.3. The molecule has 51 heavy (non-hydrogen) atoms. The number of thioether (sulfide) groups is 1. The van der Waals surface area contributed by atoms with Crippen LogP contribution in [-0.4, -0.2) is 94.1 Å². The number of pyridine rings is 1. The molecule has 1 aromatic heterocycles. The van der Waals surface area contributed by atoms with E-state index in [1.807, 2.05) is 30.5 Å². The molecule has 6 amide bonds. The van der Waals surface area contributed by atoms with Crippen molar-refractivity contribution in [1.29, 1.82) is 0 Å². The average molecular weight is 716 g/mol. The van der Waals surface area contributed by atoms with Crippen molar-refractivity contribution in [3.63, 3.8) is 0 Å². The molecule has 0 spiro atoms. The Balaban J connectivity index is 1.46. The first kappa shape index (κ1) is 37.3. The first-order chi connectivity index (χ1) is 24.5. The van der Waals surface area contributed by atoms with Crippen LogP contribution in [0.5, 0.6) is 0 Å². The number of carbonyl (C=O) groups is 6. The van der Waals surface area contributed by atoms with Gasteiger partial charge in [0, 0.05) is 24.2 Å². The predicted octanol–water partition coefficient (Wildman–Crippen LogP) is 2.08. The van der Waals surface area contributed by atoms with E-state index in [4.69, 9.17) is 0 Å². The number of carbonyl (C=O) groups excluding carboxylic acids is 6. The Morgan fingerprint density at radius 1 is 0.922 bits per heavy atom. The summed E-state index contributed by atoms with van der Waals surface area (Å²) in [5.74, 6) is -2.89. The van der Waals surface area contributed by atoms with Crippen LogP contribution in [0.2, 0.25) is 0 Å². The molecule has 5 N–H and O–H groups in total. The van der Waals surface area contributed by atoms with Crippen LogP contribution in [0.3, 0.4) is 0 Å². The maximum atomic E-state index is 14.3. The lowest BCUT2D eigenvalue weighted by atomic mass is 10.0. The van der Waals surface area contributed by atoms with Crippen LogP contribution in [0, 0.1) is 5.92 Å². The zero-order chi connectivity index (χ0) is 36.7. The summed E-state index contributed by atoms with van der Waals surface area (Å²) in [4.78, 5) is 88.1. The van der Waals surface area contributed by atoms with Crippen LogP contribution < -0.4 is 26.6 Å². The van der Waals surface area contributed by atoms with Crippen molar-refractivity contribution >= 4 is 58.0 Å². The topological polar surface area (TPSA) is 179 Å². The largest absolute Gasteiger partial charge is 0.347 e.